The summed E-state index contributed by atoms with van der Waals surface area (Å²) in [6.45, 7) is 2.87. The molecule has 0 fully saturated rings. The molecule has 0 saturated carbocycles. The number of anilines is 2. The van der Waals surface area contributed by atoms with Gasteiger partial charge in [-0.2, -0.15) is 0 Å². The number of fused-ring (bicyclic) bond motifs is 2. The molecule has 0 radical (unpaired) electrons. The zero-order valence-electron chi connectivity index (χ0n) is 14.6. The monoisotopic (exact) mass is 390 g/mol. The average Bonchev–Trinajstić information content (AvgIpc) is 2.72. The molecule has 0 saturated heterocycles. The van der Waals surface area contributed by atoms with Crippen molar-refractivity contribution in [3.8, 4) is 11.5 Å². The van der Waals surface area contributed by atoms with E-state index in [0.717, 1.165) is 35.8 Å². The summed E-state index contributed by atoms with van der Waals surface area (Å²) < 4.78 is 15.5. The molecule has 0 bridgehead atoms. The number of benzene rings is 2. The number of aliphatic hydroxyl groups excluding tert-OH is 1. The number of ether oxygens (including phenoxy) is 3. The summed E-state index contributed by atoms with van der Waals surface area (Å²) in [4.78, 5) is 11.4. The molecule has 7 nitrogen and oxygen atoms in total. The zero-order chi connectivity index (χ0) is 18.4. The van der Waals surface area contributed by atoms with Crippen LogP contribution in [0.25, 0.3) is 0 Å². The second-order valence-corrected chi connectivity index (χ2v) is 5.68. The van der Waals surface area contributed by atoms with Gasteiger partial charge in [0.1, 0.15) is 24.5 Å². The Morgan fingerprint density at radius 1 is 1.00 bits per heavy atom. The van der Waals surface area contributed by atoms with Crippen molar-refractivity contribution in [2.45, 2.75) is 21.5 Å². The van der Waals surface area contributed by atoms with Gasteiger partial charge in [0.15, 0.2) is 5.75 Å². The summed E-state index contributed by atoms with van der Waals surface area (Å²) in [7, 11) is 1.36. The maximum Gasteiger partial charge on any atom is 0.341 e. The minimum Gasteiger partial charge on any atom is -0.489 e. The lowest BCUT2D eigenvalue weighted by Gasteiger charge is -2.20. The van der Waals surface area contributed by atoms with Gasteiger partial charge in [-0.1, -0.05) is 33.1 Å². The Morgan fingerprint density at radius 3 is 2.18 bits per heavy atom. The van der Waals surface area contributed by atoms with Crippen molar-refractivity contribution in [3.63, 3.8) is 0 Å². The fourth-order valence-corrected chi connectivity index (χ4v) is 2.80. The number of methoxy groups -OCH3 is 1. The Kier molecular flexibility index (Phi) is 9.11. The molecule has 2 aromatic rings. The van der Waals surface area contributed by atoms with Crippen LogP contribution in [0, 0.1) is 0 Å². The lowest BCUT2D eigenvalue weighted by atomic mass is 10.1. The molecule has 28 heavy (non-hydrogen) atoms. The van der Waals surface area contributed by atoms with Gasteiger partial charge in [0, 0.05) is 18.7 Å². The van der Waals surface area contributed by atoms with E-state index >= 15 is 0 Å². The molecule has 0 amide bonds. The van der Waals surface area contributed by atoms with Crippen LogP contribution in [-0.4, -0.2) is 44.5 Å². The van der Waals surface area contributed by atoms with Crippen molar-refractivity contribution in [2.75, 3.05) is 44.0 Å². The van der Waals surface area contributed by atoms with E-state index in [0.29, 0.717) is 24.5 Å². The molecule has 2 heterocycles. The minimum absolute atomic E-state index is 0. The third-order valence-electron chi connectivity index (χ3n) is 4.02. The molecule has 2 aromatic carbocycles. The predicted octanol–water partition coefficient (Wildman–Crippen LogP) is 3.53. The van der Waals surface area contributed by atoms with Gasteiger partial charge in [-0.25, -0.2) is 4.79 Å². The highest BCUT2D eigenvalue weighted by Gasteiger charge is 2.18. The maximum atomic E-state index is 11.4. The molecule has 0 aromatic heterocycles. The van der Waals surface area contributed by atoms with Gasteiger partial charge in [-0.15, -0.1) is 0 Å². The van der Waals surface area contributed by atoms with E-state index in [-0.39, 0.29) is 27.4 Å². The number of hydrogen-bond donors (Lipinski definition) is 3. The van der Waals surface area contributed by atoms with Crippen molar-refractivity contribution in [2.24, 2.45) is 0 Å². The van der Waals surface area contributed by atoms with Gasteiger partial charge in [-0.3, -0.25) is 0 Å². The van der Waals surface area contributed by atoms with Gasteiger partial charge < -0.3 is 30.0 Å². The number of aliphatic hydroxyl groups is 1. The SMILES string of the molecule is C.C.COC(=O)c1cccc2c1OCCN2.OCc1cccc2c1OCCN2. The topological polar surface area (TPSA) is 89.1 Å². The number of nitrogens with one attached hydrogen (secondary N) is 2. The van der Waals surface area contributed by atoms with E-state index in [1.54, 1.807) is 12.1 Å². The number of esters is 1. The third-order valence-corrected chi connectivity index (χ3v) is 4.02. The number of rotatable bonds is 2. The summed E-state index contributed by atoms with van der Waals surface area (Å²) in [5.41, 5.74) is 3.14. The highest BCUT2D eigenvalue weighted by molar-refractivity contribution is 5.94. The van der Waals surface area contributed by atoms with Gasteiger partial charge in [0.2, 0.25) is 0 Å². The second-order valence-electron chi connectivity index (χ2n) is 5.68. The van der Waals surface area contributed by atoms with E-state index in [1.165, 1.54) is 7.11 Å². The standard InChI is InChI=1S/C10H11NO3.C9H11NO2.2CH4/c1-13-10(12)7-3-2-4-8-9(7)14-6-5-11-8;11-6-7-2-1-3-8-9(7)12-5-4-10-8;;/h2-4,11H,5-6H2,1H3;1-3,10-11H,4-6H2;2*1H4. The van der Waals surface area contributed by atoms with Gasteiger partial charge >= 0.3 is 5.97 Å². The third kappa shape index (κ3) is 5.07. The summed E-state index contributed by atoms with van der Waals surface area (Å²) in [5, 5.41) is 15.3. The minimum atomic E-state index is -0.370. The summed E-state index contributed by atoms with van der Waals surface area (Å²) >= 11 is 0. The quantitative estimate of drug-likeness (QED) is 0.676. The predicted molar refractivity (Wildman–Crippen MR) is 112 cm³/mol. The summed E-state index contributed by atoms with van der Waals surface area (Å²) in [5.74, 6) is 1.02. The number of para-hydroxylation sites is 2. The molecule has 0 atom stereocenters. The zero-order valence-corrected chi connectivity index (χ0v) is 14.6. The Hall–Kier alpha value is -2.93. The van der Waals surface area contributed by atoms with Crippen LogP contribution in [0.4, 0.5) is 11.4 Å². The normalized spacial score (nSPS) is 12.9. The maximum absolute atomic E-state index is 11.4. The van der Waals surface area contributed by atoms with Crippen LogP contribution in [0.5, 0.6) is 11.5 Å². The second kappa shape index (κ2) is 11.0. The number of carbonyl (C=O) groups is 1. The molecule has 4 rings (SSSR count). The Bertz CT molecular complexity index is 765. The molecular weight excluding hydrogens is 360 g/mol. The first-order valence-electron chi connectivity index (χ1n) is 8.42. The molecular formula is C21H30N2O5. The fourth-order valence-electron chi connectivity index (χ4n) is 2.80. The van der Waals surface area contributed by atoms with Crippen LogP contribution in [0.2, 0.25) is 0 Å². The van der Waals surface area contributed by atoms with E-state index in [4.69, 9.17) is 14.6 Å². The smallest absolute Gasteiger partial charge is 0.341 e. The van der Waals surface area contributed by atoms with Gasteiger partial charge in [-0.05, 0) is 18.2 Å². The lowest BCUT2D eigenvalue weighted by molar-refractivity contribution is 0.0596. The van der Waals surface area contributed by atoms with Crippen LogP contribution in [-0.2, 0) is 11.3 Å². The average molecular weight is 390 g/mol. The van der Waals surface area contributed by atoms with Crippen molar-refractivity contribution >= 4 is 17.3 Å². The first-order chi connectivity index (χ1) is 12.7. The van der Waals surface area contributed by atoms with E-state index in [9.17, 15) is 4.79 Å². The number of carbonyl (C=O) groups excluding carboxylic acids is 1. The summed E-state index contributed by atoms with van der Waals surface area (Å²) in [6.07, 6.45) is 0. The van der Waals surface area contributed by atoms with Crippen molar-refractivity contribution in [1.82, 2.24) is 0 Å². The molecule has 2 aliphatic rings. The van der Waals surface area contributed by atoms with Crippen LogP contribution in [0.15, 0.2) is 36.4 Å². The van der Waals surface area contributed by atoms with Crippen molar-refractivity contribution in [3.05, 3.63) is 47.5 Å². The van der Waals surface area contributed by atoms with Crippen molar-refractivity contribution in [1.29, 1.82) is 0 Å². The fraction of sp³-hybridized carbons (Fsp3) is 0.381. The molecule has 2 aliphatic heterocycles. The molecule has 7 heteroatoms. The lowest BCUT2D eigenvalue weighted by Crippen LogP contribution is -2.20. The van der Waals surface area contributed by atoms with E-state index in [2.05, 4.69) is 15.4 Å². The summed E-state index contributed by atoms with van der Waals surface area (Å²) in [6, 6.07) is 11.1. The Balaban J connectivity index is 0.000000264. The molecule has 3 N–H and O–H groups in total. The Labute approximate surface area is 166 Å². The van der Waals surface area contributed by atoms with Crippen LogP contribution >= 0.6 is 0 Å². The van der Waals surface area contributed by atoms with Gasteiger partial charge in [0.05, 0.1) is 25.1 Å². The van der Waals surface area contributed by atoms with Gasteiger partial charge in [0.25, 0.3) is 0 Å². The highest BCUT2D eigenvalue weighted by Crippen LogP contribution is 2.32. The van der Waals surface area contributed by atoms with E-state index in [1.807, 2.05) is 24.3 Å². The molecule has 0 unspecified atom stereocenters. The number of hydrogen-bond acceptors (Lipinski definition) is 7. The first kappa shape index (κ1) is 23.1. The largest absolute Gasteiger partial charge is 0.489 e. The molecule has 154 valence electrons. The Morgan fingerprint density at radius 2 is 1.57 bits per heavy atom. The van der Waals surface area contributed by atoms with Crippen LogP contribution < -0.4 is 20.1 Å². The van der Waals surface area contributed by atoms with Crippen molar-refractivity contribution < 1.29 is 24.1 Å². The first-order valence-corrected chi connectivity index (χ1v) is 8.42. The van der Waals surface area contributed by atoms with Crippen LogP contribution in [0.1, 0.15) is 30.8 Å². The van der Waals surface area contributed by atoms with E-state index < -0.39 is 0 Å². The van der Waals surface area contributed by atoms with Crippen LogP contribution in [0.3, 0.4) is 0 Å². The molecule has 0 spiro atoms. The molecule has 0 aliphatic carbocycles. The highest BCUT2D eigenvalue weighted by atomic mass is 16.5.